The van der Waals surface area contributed by atoms with Crippen molar-refractivity contribution in [3.63, 3.8) is 0 Å². The molecule has 0 saturated heterocycles. The molecule has 0 spiro atoms. The van der Waals surface area contributed by atoms with Gasteiger partial charge < -0.3 is 15.9 Å². The summed E-state index contributed by atoms with van der Waals surface area (Å²) < 4.78 is 31.7. The second-order valence-corrected chi connectivity index (χ2v) is 4.07. The normalized spacial score (nSPS) is 18.4. The third-order valence-electron chi connectivity index (χ3n) is 2.69. The molecule has 0 aliphatic heterocycles. The molecule has 0 amide bonds. The molecule has 0 aromatic heterocycles. The largest absolute Gasteiger partial charge is 0.490 e. The van der Waals surface area contributed by atoms with E-state index in [1.54, 1.807) is 0 Å². The van der Waals surface area contributed by atoms with Gasteiger partial charge in [-0.15, -0.1) is 0 Å². The van der Waals surface area contributed by atoms with Crippen LogP contribution >= 0.6 is 0 Å². The van der Waals surface area contributed by atoms with Crippen molar-refractivity contribution in [2.75, 3.05) is 0 Å². The van der Waals surface area contributed by atoms with Crippen LogP contribution in [0.4, 0.5) is 13.2 Å². The third kappa shape index (κ3) is 6.43. The molecule has 4 N–H and O–H groups in total. The van der Waals surface area contributed by atoms with Crippen molar-refractivity contribution in [2.24, 2.45) is 11.7 Å². The smallest absolute Gasteiger partial charge is 0.480 e. The van der Waals surface area contributed by atoms with Crippen molar-refractivity contribution in [1.29, 1.82) is 0 Å². The summed E-state index contributed by atoms with van der Waals surface area (Å²) in [5.74, 6) is -3.38. The quantitative estimate of drug-likeness (QED) is 0.708. The van der Waals surface area contributed by atoms with Crippen molar-refractivity contribution in [2.45, 2.75) is 44.3 Å². The Morgan fingerprint density at radius 1 is 1.11 bits per heavy atom. The Hall–Kier alpha value is -1.31. The van der Waals surface area contributed by atoms with Crippen LogP contribution in [0.25, 0.3) is 0 Å². The Morgan fingerprint density at radius 3 is 1.78 bits per heavy atom. The van der Waals surface area contributed by atoms with Gasteiger partial charge >= 0.3 is 18.1 Å². The molecule has 106 valence electrons. The summed E-state index contributed by atoms with van der Waals surface area (Å²) in [7, 11) is 0. The Bertz CT molecular complexity index is 287. The van der Waals surface area contributed by atoms with Crippen LogP contribution in [-0.2, 0) is 9.59 Å². The predicted octanol–water partition coefficient (Wildman–Crippen LogP) is 1.61. The molecule has 1 aliphatic rings. The van der Waals surface area contributed by atoms with Crippen LogP contribution < -0.4 is 5.73 Å². The van der Waals surface area contributed by atoms with Crippen molar-refractivity contribution in [3.8, 4) is 0 Å². The summed E-state index contributed by atoms with van der Waals surface area (Å²) in [5, 5.41) is 15.7. The molecule has 1 rings (SSSR count). The number of hydrogen-bond acceptors (Lipinski definition) is 3. The number of nitrogens with two attached hydrogens (primary N) is 1. The van der Waals surface area contributed by atoms with Gasteiger partial charge in [0.05, 0.1) is 0 Å². The molecule has 18 heavy (non-hydrogen) atoms. The van der Waals surface area contributed by atoms with Crippen LogP contribution in [-0.4, -0.2) is 34.4 Å². The Morgan fingerprint density at radius 2 is 1.50 bits per heavy atom. The molecule has 0 heterocycles. The second kappa shape index (κ2) is 7.20. The zero-order valence-electron chi connectivity index (χ0n) is 9.61. The summed E-state index contributed by atoms with van der Waals surface area (Å²) in [6.07, 6.45) is 0.432. The number of rotatable bonds is 2. The highest BCUT2D eigenvalue weighted by Gasteiger charge is 2.38. The molecule has 0 aromatic carbocycles. The van der Waals surface area contributed by atoms with Gasteiger partial charge in [-0.1, -0.05) is 19.3 Å². The van der Waals surface area contributed by atoms with Gasteiger partial charge in [-0.3, -0.25) is 4.79 Å². The lowest BCUT2D eigenvalue weighted by molar-refractivity contribution is -0.192. The maximum absolute atomic E-state index is 10.6. The molecule has 5 nitrogen and oxygen atoms in total. The topological polar surface area (TPSA) is 101 Å². The first-order valence-corrected chi connectivity index (χ1v) is 5.44. The fourth-order valence-electron chi connectivity index (χ4n) is 1.69. The zero-order valence-corrected chi connectivity index (χ0v) is 9.61. The minimum Gasteiger partial charge on any atom is -0.480 e. The minimum atomic E-state index is -5.08. The average molecular weight is 271 g/mol. The number of alkyl halides is 3. The fourth-order valence-corrected chi connectivity index (χ4v) is 1.69. The summed E-state index contributed by atoms with van der Waals surface area (Å²) in [5.41, 5.74) is 5.49. The SMILES string of the molecule is NC(C(=O)O)C1CCCCC1.O=C(O)C(F)(F)F. The minimum absolute atomic E-state index is 0.223. The molecule has 1 fully saturated rings. The molecule has 0 aromatic rings. The number of carbonyl (C=O) groups is 2. The van der Waals surface area contributed by atoms with Crippen molar-refractivity contribution in [3.05, 3.63) is 0 Å². The molecule has 8 heteroatoms. The highest BCUT2D eigenvalue weighted by Crippen LogP contribution is 2.25. The highest BCUT2D eigenvalue weighted by molar-refractivity contribution is 5.73. The number of carboxylic acid groups (broad SMARTS) is 2. The molecule has 1 saturated carbocycles. The average Bonchev–Trinajstić information content (AvgIpc) is 2.28. The van der Waals surface area contributed by atoms with E-state index in [0.29, 0.717) is 0 Å². The number of carboxylic acids is 2. The third-order valence-corrected chi connectivity index (χ3v) is 2.69. The van der Waals surface area contributed by atoms with Crippen LogP contribution in [0.15, 0.2) is 0 Å². The van der Waals surface area contributed by atoms with Gasteiger partial charge in [0, 0.05) is 0 Å². The molecular formula is C10H16F3NO4. The van der Waals surface area contributed by atoms with E-state index in [1.807, 2.05) is 0 Å². The number of aliphatic carboxylic acids is 2. The summed E-state index contributed by atoms with van der Waals surface area (Å²) >= 11 is 0. The molecule has 1 atom stereocenters. The highest BCUT2D eigenvalue weighted by atomic mass is 19.4. The van der Waals surface area contributed by atoms with Crippen LogP contribution in [0.3, 0.4) is 0 Å². The standard InChI is InChI=1S/C8H15NO2.C2HF3O2/c9-7(8(10)11)6-4-2-1-3-5-6;3-2(4,5)1(6)7/h6-7H,1-5,9H2,(H,10,11);(H,6,7). The maximum atomic E-state index is 10.6. The monoisotopic (exact) mass is 271 g/mol. The molecule has 1 aliphatic carbocycles. The van der Waals surface area contributed by atoms with E-state index in [0.717, 1.165) is 25.7 Å². The molecule has 0 radical (unpaired) electrons. The first kappa shape index (κ1) is 16.7. The van der Waals surface area contributed by atoms with E-state index in [-0.39, 0.29) is 5.92 Å². The first-order valence-electron chi connectivity index (χ1n) is 5.44. The maximum Gasteiger partial charge on any atom is 0.490 e. The van der Waals surface area contributed by atoms with Gasteiger partial charge in [-0.2, -0.15) is 13.2 Å². The summed E-state index contributed by atoms with van der Waals surface area (Å²) in [6.45, 7) is 0. The number of halogens is 3. The lowest BCUT2D eigenvalue weighted by atomic mass is 9.84. The van der Waals surface area contributed by atoms with Crippen LogP contribution in [0.1, 0.15) is 32.1 Å². The van der Waals surface area contributed by atoms with E-state index >= 15 is 0 Å². The van der Waals surface area contributed by atoms with Crippen molar-refractivity contribution in [1.82, 2.24) is 0 Å². The van der Waals surface area contributed by atoms with E-state index in [2.05, 4.69) is 0 Å². The summed E-state index contributed by atoms with van der Waals surface area (Å²) in [4.78, 5) is 19.4. The van der Waals surface area contributed by atoms with E-state index in [9.17, 15) is 18.0 Å². The Labute approximate surface area is 102 Å². The predicted molar refractivity (Wildman–Crippen MR) is 55.9 cm³/mol. The fraction of sp³-hybridized carbons (Fsp3) is 0.800. The van der Waals surface area contributed by atoms with Gasteiger partial charge in [0.1, 0.15) is 6.04 Å². The Kier molecular flexibility index (Phi) is 6.67. The van der Waals surface area contributed by atoms with Crippen LogP contribution in [0.5, 0.6) is 0 Å². The zero-order chi connectivity index (χ0) is 14.3. The van der Waals surface area contributed by atoms with E-state index in [4.69, 9.17) is 20.7 Å². The van der Waals surface area contributed by atoms with Crippen LogP contribution in [0.2, 0.25) is 0 Å². The van der Waals surface area contributed by atoms with Gasteiger partial charge in [0.2, 0.25) is 0 Å². The van der Waals surface area contributed by atoms with E-state index < -0.39 is 24.2 Å². The van der Waals surface area contributed by atoms with Gasteiger partial charge in [0.25, 0.3) is 0 Å². The lowest BCUT2D eigenvalue weighted by Crippen LogP contribution is -2.38. The molecule has 0 bridgehead atoms. The number of hydrogen-bond donors (Lipinski definition) is 3. The molecule has 1 unspecified atom stereocenters. The van der Waals surface area contributed by atoms with Crippen LogP contribution in [0, 0.1) is 5.92 Å². The molecular weight excluding hydrogens is 255 g/mol. The first-order chi connectivity index (χ1) is 8.16. The van der Waals surface area contributed by atoms with E-state index in [1.165, 1.54) is 6.42 Å². The summed E-state index contributed by atoms with van der Waals surface area (Å²) in [6, 6.07) is -0.629. The van der Waals surface area contributed by atoms with Crippen molar-refractivity contribution >= 4 is 11.9 Å². The Balaban J connectivity index is 0.000000360. The lowest BCUT2D eigenvalue weighted by Gasteiger charge is -2.24. The van der Waals surface area contributed by atoms with Gasteiger partial charge in [-0.05, 0) is 18.8 Å². The van der Waals surface area contributed by atoms with Gasteiger partial charge in [0.15, 0.2) is 0 Å². The van der Waals surface area contributed by atoms with Crippen molar-refractivity contribution < 1.29 is 33.0 Å². The van der Waals surface area contributed by atoms with Gasteiger partial charge in [-0.25, -0.2) is 4.79 Å². The second-order valence-electron chi connectivity index (χ2n) is 4.07.